The molecule has 0 fully saturated rings. The predicted octanol–water partition coefficient (Wildman–Crippen LogP) is 1.27. The van der Waals surface area contributed by atoms with E-state index in [0.29, 0.717) is 6.04 Å². The van der Waals surface area contributed by atoms with Crippen LogP contribution >= 0.6 is 0 Å². The van der Waals surface area contributed by atoms with Crippen LogP contribution in [0.3, 0.4) is 0 Å². The Labute approximate surface area is 69.5 Å². The van der Waals surface area contributed by atoms with Gasteiger partial charge in [0.1, 0.15) is 0 Å². The molecule has 0 unspecified atom stereocenters. The van der Waals surface area contributed by atoms with E-state index in [0.717, 1.165) is 13.0 Å². The smallest absolute Gasteiger partial charge is 0.0612 e. The van der Waals surface area contributed by atoms with Gasteiger partial charge in [0.25, 0.3) is 0 Å². The van der Waals surface area contributed by atoms with Crippen molar-refractivity contribution in [1.29, 1.82) is 0 Å². The van der Waals surface area contributed by atoms with E-state index in [4.69, 9.17) is 5.11 Å². The summed E-state index contributed by atoms with van der Waals surface area (Å²) in [5.41, 5.74) is 0. The number of aliphatic hydroxyl groups is 1. The quantitative estimate of drug-likeness (QED) is 0.607. The second-order valence-corrected chi connectivity index (χ2v) is 3.02. The zero-order chi connectivity index (χ0) is 8.69. The first-order chi connectivity index (χ1) is 5.18. The number of hydrogen-bond acceptors (Lipinski definition) is 2. The monoisotopic (exact) mass is 157 g/mol. The lowest BCUT2D eigenvalue weighted by atomic mass is 10.3. The van der Waals surface area contributed by atoms with E-state index in [1.165, 1.54) is 0 Å². The molecule has 0 aliphatic carbocycles. The van der Waals surface area contributed by atoms with Gasteiger partial charge >= 0.3 is 0 Å². The highest BCUT2D eigenvalue weighted by molar-refractivity contribution is 4.81. The SMILES string of the molecule is CC(C)N(C)CC/C=C/CO. The Morgan fingerprint density at radius 3 is 2.45 bits per heavy atom. The Kier molecular flexibility index (Phi) is 6.18. The molecule has 0 bridgehead atoms. The van der Waals surface area contributed by atoms with Crippen molar-refractivity contribution >= 4 is 0 Å². The topological polar surface area (TPSA) is 23.5 Å². The van der Waals surface area contributed by atoms with E-state index >= 15 is 0 Å². The minimum atomic E-state index is 0.158. The fraction of sp³-hybridized carbons (Fsp3) is 0.778. The molecule has 1 N–H and O–H groups in total. The van der Waals surface area contributed by atoms with Gasteiger partial charge in [-0.1, -0.05) is 12.2 Å². The summed E-state index contributed by atoms with van der Waals surface area (Å²) < 4.78 is 0. The minimum absolute atomic E-state index is 0.158. The average molecular weight is 157 g/mol. The molecule has 0 aliphatic rings. The summed E-state index contributed by atoms with van der Waals surface area (Å²) in [4.78, 5) is 2.28. The lowest BCUT2D eigenvalue weighted by Crippen LogP contribution is -2.26. The Morgan fingerprint density at radius 1 is 1.36 bits per heavy atom. The van der Waals surface area contributed by atoms with Gasteiger partial charge in [0.15, 0.2) is 0 Å². The first-order valence-corrected chi connectivity index (χ1v) is 4.14. The van der Waals surface area contributed by atoms with Crippen molar-refractivity contribution in [1.82, 2.24) is 4.90 Å². The molecule has 0 amide bonds. The van der Waals surface area contributed by atoms with Crippen LogP contribution in [0, 0.1) is 0 Å². The maximum Gasteiger partial charge on any atom is 0.0612 e. The van der Waals surface area contributed by atoms with Crippen LogP contribution in [0.5, 0.6) is 0 Å². The average Bonchev–Trinajstić information content (AvgIpc) is 1.97. The summed E-state index contributed by atoms with van der Waals surface area (Å²) in [6.45, 7) is 5.57. The second kappa shape index (κ2) is 6.38. The lowest BCUT2D eigenvalue weighted by molar-refractivity contribution is 0.279. The van der Waals surface area contributed by atoms with Crippen molar-refractivity contribution in [2.45, 2.75) is 26.3 Å². The lowest BCUT2D eigenvalue weighted by Gasteiger charge is -2.19. The normalized spacial score (nSPS) is 12.2. The van der Waals surface area contributed by atoms with Crippen molar-refractivity contribution < 1.29 is 5.11 Å². The van der Waals surface area contributed by atoms with Crippen LogP contribution in [0.1, 0.15) is 20.3 Å². The van der Waals surface area contributed by atoms with Crippen LogP contribution in [-0.4, -0.2) is 36.2 Å². The Hall–Kier alpha value is -0.340. The molecule has 0 atom stereocenters. The molecule has 0 aromatic carbocycles. The number of nitrogens with zero attached hydrogens (tertiary/aromatic N) is 1. The molecule has 0 heterocycles. The zero-order valence-corrected chi connectivity index (χ0v) is 7.75. The third kappa shape index (κ3) is 6.07. The maximum atomic E-state index is 8.44. The summed E-state index contributed by atoms with van der Waals surface area (Å²) in [6.07, 6.45) is 4.82. The van der Waals surface area contributed by atoms with Gasteiger partial charge in [0.05, 0.1) is 6.61 Å². The molecular weight excluding hydrogens is 138 g/mol. The third-order valence-electron chi connectivity index (χ3n) is 1.80. The van der Waals surface area contributed by atoms with E-state index in [1.807, 2.05) is 6.08 Å². The van der Waals surface area contributed by atoms with E-state index in [1.54, 1.807) is 6.08 Å². The molecule has 0 spiro atoms. The molecule has 0 rings (SSSR count). The van der Waals surface area contributed by atoms with Crippen LogP contribution in [0.25, 0.3) is 0 Å². The third-order valence-corrected chi connectivity index (χ3v) is 1.80. The van der Waals surface area contributed by atoms with Gasteiger partial charge in [-0.05, 0) is 27.3 Å². The Bertz CT molecular complexity index is 110. The van der Waals surface area contributed by atoms with Crippen LogP contribution in [0.4, 0.5) is 0 Å². The van der Waals surface area contributed by atoms with Crippen molar-refractivity contribution in [2.24, 2.45) is 0 Å². The van der Waals surface area contributed by atoms with E-state index in [2.05, 4.69) is 25.8 Å². The molecule has 0 saturated heterocycles. The van der Waals surface area contributed by atoms with E-state index in [9.17, 15) is 0 Å². The molecule has 66 valence electrons. The summed E-state index contributed by atoms with van der Waals surface area (Å²) in [5.74, 6) is 0. The molecule has 2 nitrogen and oxygen atoms in total. The van der Waals surface area contributed by atoms with Crippen LogP contribution in [0.2, 0.25) is 0 Å². The summed E-state index contributed by atoms with van der Waals surface area (Å²) in [6, 6.07) is 0.609. The molecule has 11 heavy (non-hydrogen) atoms. The predicted molar refractivity (Wildman–Crippen MR) is 48.6 cm³/mol. The maximum absolute atomic E-state index is 8.44. The number of rotatable bonds is 5. The summed E-state index contributed by atoms with van der Waals surface area (Å²) in [7, 11) is 2.11. The summed E-state index contributed by atoms with van der Waals surface area (Å²) >= 11 is 0. The highest BCUT2D eigenvalue weighted by Crippen LogP contribution is 1.95. The molecule has 2 heteroatoms. The van der Waals surface area contributed by atoms with Crippen molar-refractivity contribution in [3.8, 4) is 0 Å². The van der Waals surface area contributed by atoms with Crippen molar-refractivity contribution in [3.63, 3.8) is 0 Å². The zero-order valence-electron chi connectivity index (χ0n) is 7.75. The highest BCUT2D eigenvalue weighted by Gasteiger charge is 1.99. The van der Waals surface area contributed by atoms with Gasteiger partial charge in [-0.15, -0.1) is 0 Å². The molecule has 0 saturated carbocycles. The fourth-order valence-corrected chi connectivity index (χ4v) is 0.729. The van der Waals surface area contributed by atoms with Gasteiger partial charge < -0.3 is 10.0 Å². The Morgan fingerprint density at radius 2 is 2.00 bits per heavy atom. The second-order valence-electron chi connectivity index (χ2n) is 3.02. The summed E-state index contributed by atoms with van der Waals surface area (Å²) in [5, 5.41) is 8.44. The molecular formula is C9H19NO. The van der Waals surface area contributed by atoms with Gasteiger partial charge in [0.2, 0.25) is 0 Å². The van der Waals surface area contributed by atoms with E-state index in [-0.39, 0.29) is 6.61 Å². The largest absolute Gasteiger partial charge is 0.392 e. The first-order valence-electron chi connectivity index (χ1n) is 4.14. The molecule has 0 aliphatic heterocycles. The van der Waals surface area contributed by atoms with E-state index < -0.39 is 0 Å². The van der Waals surface area contributed by atoms with Gasteiger partial charge in [0, 0.05) is 12.6 Å². The molecule has 0 aromatic rings. The fourth-order valence-electron chi connectivity index (χ4n) is 0.729. The Balaban J connectivity index is 3.31. The number of aliphatic hydroxyl groups excluding tert-OH is 1. The van der Waals surface area contributed by atoms with Crippen LogP contribution in [0.15, 0.2) is 12.2 Å². The van der Waals surface area contributed by atoms with Gasteiger partial charge in [-0.25, -0.2) is 0 Å². The molecule has 0 aromatic heterocycles. The molecule has 0 radical (unpaired) electrons. The van der Waals surface area contributed by atoms with Crippen LogP contribution in [-0.2, 0) is 0 Å². The van der Waals surface area contributed by atoms with Gasteiger partial charge in [-0.3, -0.25) is 0 Å². The highest BCUT2D eigenvalue weighted by atomic mass is 16.2. The van der Waals surface area contributed by atoms with Crippen molar-refractivity contribution in [3.05, 3.63) is 12.2 Å². The van der Waals surface area contributed by atoms with Crippen molar-refractivity contribution in [2.75, 3.05) is 20.2 Å². The van der Waals surface area contributed by atoms with Crippen LogP contribution < -0.4 is 0 Å². The number of hydrogen-bond donors (Lipinski definition) is 1. The van der Waals surface area contributed by atoms with Gasteiger partial charge in [-0.2, -0.15) is 0 Å². The minimum Gasteiger partial charge on any atom is -0.392 e. The standard InChI is InChI=1S/C9H19NO/c1-9(2)10(3)7-5-4-6-8-11/h4,6,9,11H,5,7-8H2,1-3H3/b6-4+. The first kappa shape index (κ1) is 10.7.